The Kier molecular flexibility index (Phi) is 6.19. The SMILES string of the molecule is CCOC(=O)c1oc2cc(OC(=O)c3ccccc3Br)ccc2c(=O)c1-c1nc2ccccc2s1. The number of nitrogens with zero attached hydrogens (tertiary/aromatic N) is 1. The van der Waals surface area contributed by atoms with Gasteiger partial charge in [0.2, 0.25) is 11.2 Å². The number of rotatable bonds is 5. The number of aromatic nitrogens is 1. The first-order chi connectivity index (χ1) is 17.0. The topological polar surface area (TPSA) is 95.7 Å². The standard InChI is InChI=1S/C26H16BrNO6S/c1-2-32-26(31)23-21(24-28-18-9-5-6-10-20(18)35-24)22(29)16-12-11-14(13-19(16)34-23)33-25(30)15-7-3-4-8-17(15)27/h3-13H,2H2,1H3. The Bertz CT molecular complexity index is 1640. The van der Waals surface area contributed by atoms with Gasteiger partial charge in [0.15, 0.2) is 0 Å². The predicted octanol–water partition coefficient (Wildman–Crippen LogP) is 6.23. The van der Waals surface area contributed by atoms with Crippen LogP contribution in [0, 0.1) is 0 Å². The van der Waals surface area contributed by atoms with Gasteiger partial charge in [-0.25, -0.2) is 14.6 Å². The Hall–Kier alpha value is -3.82. The molecule has 3 aromatic carbocycles. The van der Waals surface area contributed by atoms with Crippen LogP contribution in [0.1, 0.15) is 27.8 Å². The number of para-hydroxylation sites is 1. The van der Waals surface area contributed by atoms with Crippen LogP contribution in [0.3, 0.4) is 0 Å². The number of hydrogen-bond acceptors (Lipinski definition) is 8. The molecule has 0 fully saturated rings. The van der Waals surface area contributed by atoms with E-state index in [9.17, 15) is 14.4 Å². The maximum absolute atomic E-state index is 13.5. The maximum atomic E-state index is 13.5. The third kappa shape index (κ3) is 4.36. The average molecular weight is 550 g/mol. The molecular formula is C26H16BrNO6S. The molecule has 35 heavy (non-hydrogen) atoms. The third-order valence-corrected chi connectivity index (χ3v) is 6.88. The summed E-state index contributed by atoms with van der Waals surface area (Å²) in [7, 11) is 0. The van der Waals surface area contributed by atoms with Crippen LogP contribution in [0.2, 0.25) is 0 Å². The van der Waals surface area contributed by atoms with Crippen LogP contribution in [0.5, 0.6) is 5.75 Å². The van der Waals surface area contributed by atoms with E-state index in [0.717, 1.165) is 4.70 Å². The lowest BCUT2D eigenvalue weighted by Gasteiger charge is -2.09. The van der Waals surface area contributed by atoms with Gasteiger partial charge in [0.25, 0.3) is 0 Å². The van der Waals surface area contributed by atoms with Crippen molar-refractivity contribution in [3.63, 3.8) is 0 Å². The minimum atomic E-state index is -0.781. The lowest BCUT2D eigenvalue weighted by molar-refractivity contribution is 0.0491. The fraction of sp³-hybridized carbons (Fsp3) is 0.0769. The number of halogens is 1. The maximum Gasteiger partial charge on any atom is 0.375 e. The van der Waals surface area contributed by atoms with E-state index in [1.807, 2.05) is 24.3 Å². The van der Waals surface area contributed by atoms with Crippen molar-refractivity contribution < 1.29 is 23.5 Å². The first-order valence-corrected chi connectivity index (χ1v) is 12.2. The second-order valence-corrected chi connectivity index (χ2v) is 9.25. The summed E-state index contributed by atoms with van der Waals surface area (Å²) in [6.45, 7) is 1.76. The molecule has 0 N–H and O–H groups in total. The first kappa shape index (κ1) is 22.9. The van der Waals surface area contributed by atoms with Crippen molar-refractivity contribution in [3.8, 4) is 16.3 Å². The molecule has 174 valence electrons. The van der Waals surface area contributed by atoms with Crippen molar-refractivity contribution in [2.24, 2.45) is 0 Å². The molecule has 5 aromatic rings. The number of fused-ring (bicyclic) bond motifs is 2. The van der Waals surface area contributed by atoms with Crippen LogP contribution in [0.15, 0.2) is 80.4 Å². The number of carbonyl (C=O) groups is 2. The molecule has 0 spiro atoms. The lowest BCUT2D eigenvalue weighted by atomic mass is 10.1. The highest BCUT2D eigenvalue weighted by atomic mass is 79.9. The Morgan fingerprint density at radius 1 is 1.03 bits per heavy atom. The van der Waals surface area contributed by atoms with Gasteiger partial charge in [0.1, 0.15) is 21.9 Å². The van der Waals surface area contributed by atoms with Gasteiger partial charge in [0, 0.05) is 10.5 Å². The van der Waals surface area contributed by atoms with Crippen molar-refractivity contribution >= 4 is 60.4 Å². The van der Waals surface area contributed by atoms with E-state index < -0.39 is 17.4 Å². The summed E-state index contributed by atoms with van der Waals surface area (Å²) < 4.78 is 18.0. The Labute approximate surface area is 211 Å². The Morgan fingerprint density at radius 2 is 1.80 bits per heavy atom. The summed E-state index contributed by atoms with van der Waals surface area (Å²) in [5.41, 5.74) is 0.732. The number of ether oxygens (including phenoxy) is 2. The minimum Gasteiger partial charge on any atom is -0.460 e. The fourth-order valence-corrected chi connectivity index (χ4v) is 4.99. The molecular weight excluding hydrogens is 534 g/mol. The molecule has 0 bridgehead atoms. The van der Waals surface area contributed by atoms with E-state index in [4.69, 9.17) is 13.9 Å². The van der Waals surface area contributed by atoms with Crippen molar-refractivity contribution in [2.75, 3.05) is 6.61 Å². The van der Waals surface area contributed by atoms with Crippen LogP contribution >= 0.6 is 27.3 Å². The zero-order valence-electron chi connectivity index (χ0n) is 18.2. The second-order valence-electron chi connectivity index (χ2n) is 7.37. The van der Waals surface area contributed by atoms with Gasteiger partial charge < -0.3 is 13.9 Å². The summed E-state index contributed by atoms with van der Waals surface area (Å²) >= 11 is 4.61. The number of thiazole rings is 1. The van der Waals surface area contributed by atoms with Gasteiger partial charge in [-0.3, -0.25) is 4.79 Å². The minimum absolute atomic E-state index is 0.0371. The molecule has 0 atom stereocenters. The van der Waals surface area contributed by atoms with Crippen LogP contribution in [-0.4, -0.2) is 23.5 Å². The number of esters is 2. The Morgan fingerprint density at radius 3 is 2.57 bits per heavy atom. The van der Waals surface area contributed by atoms with E-state index in [0.29, 0.717) is 20.6 Å². The monoisotopic (exact) mass is 549 g/mol. The third-order valence-electron chi connectivity index (χ3n) is 5.14. The zero-order chi connectivity index (χ0) is 24.5. The molecule has 2 aromatic heterocycles. The largest absolute Gasteiger partial charge is 0.460 e. The van der Waals surface area contributed by atoms with Gasteiger partial charge in [-0.2, -0.15) is 0 Å². The molecule has 0 saturated carbocycles. The summed E-state index contributed by atoms with van der Waals surface area (Å²) in [6.07, 6.45) is 0. The molecule has 0 amide bonds. The first-order valence-electron chi connectivity index (χ1n) is 10.6. The molecule has 0 unspecified atom stereocenters. The van der Waals surface area contributed by atoms with E-state index >= 15 is 0 Å². The molecule has 0 saturated heterocycles. The number of carbonyl (C=O) groups excluding carboxylic acids is 2. The molecule has 0 aliphatic rings. The Balaban J connectivity index is 1.63. The molecule has 0 aliphatic carbocycles. The summed E-state index contributed by atoms with van der Waals surface area (Å²) in [5, 5.41) is 0.572. The summed E-state index contributed by atoms with van der Waals surface area (Å²) in [4.78, 5) is 43.4. The van der Waals surface area contributed by atoms with Crippen molar-refractivity contribution in [3.05, 3.63) is 92.7 Å². The van der Waals surface area contributed by atoms with Crippen molar-refractivity contribution in [1.82, 2.24) is 4.98 Å². The molecule has 2 heterocycles. The van der Waals surface area contributed by atoms with E-state index in [2.05, 4.69) is 20.9 Å². The predicted molar refractivity (Wildman–Crippen MR) is 136 cm³/mol. The highest BCUT2D eigenvalue weighted by molar-refractivity contribution is 9.10. The van der Waals surface area contributed by atoms with Gasteiger partial charge in [0.05, 0.1) is 27.8 Å². The van der Waals surface area contributed by atoms with Crippen LogP contribution in [-0.2, 0) is 4.74 Å². The highest BCUT2D eigenvalue weighted by Crippen LogP contribution is 2.33. The van der Waals surface area contributed by atoms with Gasteiger partial charge in [-0.1, -0.05) is 24.3 Å². The van der Waals surface area contributed by atoms with Crippen LogP contribution in [0.4, 0.5) is 0 Å². The van der Waals surface area contributed by atoms with Crippen LogP contribution in [0.25, 0.3) is 31.8 Å². The lowest BCUT2D eigenvalue weighted by Crippen LogP contribution is -2.15. The quantitative estimate of drug-likeness (QED) is 0.189. The molecule has 7 nitrogen and oxygen atoms in total. The summed E-state index contributed by atoms with van der Waals surface area (Å²) in [5.74, 6) is -1.46. The molecule has 0 radical (unpaired) electrons. The fourth-order valence-electron chi connectivity index (χ4n) is 3.54. The smallest absolute Gasteiger partial charge is 0.375 e. The van der Waals surface area contributed by atoms with Crippen LogP contribution < -0.4 is 10.2 Å². The highest BCUT2D eigenvalue weighted by Gasteiger charge is 2.26. The van der Waals surface area contributed by atoms with E-state index in [1.165, 1.54) is 29.5 Å². The molecule has 0 aliphatic heterocycles. The molecule has 9 heteroatoms. The molecule has 5 rings (SSSR count). The summed E-state index contributed by atoms with van der Waals surface area (Å²) in [6, 6.07) is 18.7. The zero-order valence-corrected chi connectivity index (χ0v) is 20.6. The van der Waals surface area contributed by atoms with Gasteiger partial charge in [-0.05, 0) is 59.3 Å². The normalized spacial score (nSPS) is 11.0. The average Bonchev–Trinajstić information content (AvgIpc) is 3.28. The van der Waals surface area contributed by atoms with E-state index in [-0.39, 0.29) is 34.6 Å². The second kappa shape index (κ2) is 9.44. The van der Waals surface area contributed by atoms with E-state index in [1.54, 1.807) is 31.2 Å². The number of benzene rings is 3. The number of hydrogen-bond donors (Lipinski definition) is 0. The van der Waals surface area contributed by atoms with Crippen molar-refractivity contribution in [2.45, 2.75) is 6.92 Å². The van der Waals surface area contributed by atoms with Gasteiger partial charge in [-0.15, -0.1) is 11.3 Å². The van der Waals surface area contributed by atoms with Gasteiger partial charge >= 0.3 is 11.9 Å². The van der Waals surface area contributed by atoms with Crippen molar-refractivity contribution in [1.29, 1.82) is 0 Å².